The van der Waals surface area contributed by atoms with Crippen molar-refractivity contribution in [3.05, 3.63) is 0 Å². The zero-order chi connectivity index (χ0) is 39.5. The second-order valence-corrected chi connectivity index (χ2v) is 14.3. The lowest BCUT2D eigenvalue weighted by Gasteiger charge is -2.35. The number of rotatable bonds is 24. The Morgan fingerprint density at radius 1 is 0.811 bits per heavy atom. The molecule has 3 unspecified atom stereocenters. The zero-order valence-corrected chi connectivity index (χ0v) is 31.9. The van der Waals surface area contributed by atoms with Gasteiger partial charge in [0.2, 0.25) is 35.3 Å². The molecular formula is C37H62N6O10. The van der Waals surface area contributed by atoms with E-state index in [1.807, 2.05) is 20.8 Å². The van der Waals surface area contributed by atoms with Crippen molar-refractivity contribution in [2.75, 3.05) is 19.7 Å². The smallest absolute Gasteiger partial charge is 0.329 e. The number of primary amides is 1. The monoisotopic (exact) mass is 750 g/mol. The van der Waals surface area contributed by atoms with Crippen LogP contribution in [0.1, 0.15) is 124 Å². The molecule has 1 saturated carbocycles. The molecule has 0 aromatic carbocycles. The maximum Gasteiger partial charge on any atom is 0.329 e. The Balaban J connectivity index is 2.28. The number of carboxylic acid groups (broad SMARTS) is 1. The molecule has 1 aliphatic heterocycles. The van der Waals surface area contributed by atoms with Crippen molar-refractivity contribution in [1.29, 1.82) is 0 Å². The van der Waals surface area contributed by atoms with Crippen molar-refractivity contribution in [2.24, 2.45) is 17.6 Å². The summed E-state index contributed by atoms with van der Waals surface area (Å²) in [6.45, 7) is 6.30. The summed E-state index contributed by atoms with van der Waals surface area (Å²) < 4.78 is 5.53. The molecule has 2 fully saturated rings. The molecule has 1 aliphatic carbocycles. The van der Waals surface area contributed by atoms with Gasteiger partial charge in [-0.15, -0.1) is 0 Å². The number of nitrogens with one attached hydrogen (secondary N) is 4. The minimum Gasteiger partial charge on any atom is -0.480 e. The van der Waals surface area contributed by atoms with Gasteiger partial charge in [0.25, 0.3) is 5.91 Å². The molecule has 7 N–H and O–H groups in total. The predicted octanol–water partition coefficient (Wildman–Crippen LogP) is 1.47. The number of hydrogen-bond donors (Lipinski definition) is 6. The zero-order valence-electron chi connectivity index (χ0n) is 31.9. The number of hydrogen-bond acceptors (Lipinski definition) is 9. The fourth-order valence-corrected chi connectivity index (χ4v) is 7.17. The highest BCUT2D eigenvalue weighted by Crippen LogP contribution is 2.31. The number of Topliss-reactive ketones (excluding diaryl/α,β-unsaturated/α-hetero) is 1. The number of carbonyl (C=O) groups is 8. The first-order chi connectivity index (χ1) is 25.3. The molecule has 53 heavy (non-hydrogen) atoms. The Kier molecular flexibility index (Phi) is 20.0. The Hall–Kier alpha value is -4.08. The number of likely N-dealkylation sites (tertiary alicyclic amines) is 1. The van der Waals surface area contributed by atoms with E-state index in [9.17, 15) is 43.5 Å². The first-order valence-corrected chi connectivity index (χ1v) is 19.4. The minimum atomic E-state index is -1.30. The second-order valence-electron chi connectivity index (χ2n) is 14.3. The summed E-state index contributed by atoms with van der Waals surface area (Å²) in [5, 5.41) is 19.6. The van der Waals surface area contributed by atoms with E-state index in [0.717, 1.165) is 38.5 Å². The maximum atomic E-state index is 14.5. The summed E-state index contributed by atoms with van der Waals surface area (Å²) in [7, 11) is 0. The van der Waals surface area contributed by atoms with Gasteiger partial charge in [-0.05, 0) is 44.4 Å². The lowest BCUT2D eigenvalue weighted by atomic mass is 9.82. The Labute approximate surface area is 312 Å². The van der Waals surface area contributed by atoms with Crippen molar-refractivity contribution in [1.82, 2.24) is 26.2 Å². The van der Waals surface area contributed by atoms with E-state index in [1.54, 1.807) is 6.92 Å². The summed E-state index contributed by atoms with van der Waals surface area (Å²) in [6.07, 6.45) is 8.49. The summed E-state index contributed by atoms with van der Waals surface area (Å²) in [5.74, 6) is -6.65. The average Bonchev–Trinajstić information content (AvgIpc) is 3.57. The molecule has 1 saturated heterocycles. The van der Waals surface area contributed by atoms with Crippen molar-refractivity contribution in [3.8, 4) is 0 Å². The molecule has 2 rings (SSSR count). The van der Waals surface area contributed by atoms with Crippen LogP contribution in [0.15, 0.2) is 0 Å². The van der Waals surface area contributed by atoms with E-state index >= 15 is 0 Å². The van der Waals surface area contributed by atoms with Gasteiger partial charge in [-0.1, -0.05) is 79.1 Å². The molecule has 6 amide bonds. The Morgan fingerprint density at radius 3 is 2.02 bits per heavy atom. The predicted molar refractivity (Wildman–Crippen MR) is 195 cm³/mol. The van der Waals surface area contributed by atoms with Crippen LogP contribution in [0.5, 0.6) is 0 Å². The summed E-state index contributed by atoms with van der Waals surface area (Å²) in [6, 6.07) is -4.32. The molecule has 5 atom stereocenters. The number of unbranched alkanes of at least 4 members (excludes halogenated alkanes) is 1. The van der Waals surface area contributed by atoms with E-state index in [0.29, 0.717) is 44.9 Å². The Bertz CT molecular complexity index is 1270. The van der Waals surface area contributed by atoms with Gasteiger partial charge in [0.1, 0.15) is 24.7 Å². The topological polar surface area (TPSA) is 243 Å². The van der Waals surface area contributed by atoms with Crippen LogP contribution in [0.3, 0.4) is 0 Å². The fourth-order valence-electron chi connectivity index (χ4n) is 7.17. The van der Waals surface area contributed by atoms with Gasteiger partial charge in [-0.2, -0.15) is 0 Å². The molecule has 0 aromatic heterocycles. The number of aliphatic carboxylic acids is 1. The molecule has 0 spiro atoms. The van der Waals surface area contributed by atoms with E-state index in [2.05, 4.69) is 21.3 Å². The average molecular weight is 751 g/mol. The third-order valence-electron chi connectivity index (χ3n) is 9.99. The normalized spacial score (nSPS) is 19.2. The Morgan fingerprint density at radius 2 is 1.45 bits per heavy atom. The first-order valence-electron chi connectivity index (χ1n) is 19.4. The van der Waals surface area contributed by atoms with Gasteiger partial charge in [-0.3, -0.25) is 33.6 Å². The number of nitrogens with two attached hydrogens (primary N) is 1. The third kappa shape index (κ3) is 14.7. The summed E-state index contributed by atoms with van der Waals surface area (Å²) in [4.78, 5) is 105. The second kappa shape index (κ2) is 23.6. The molecule has 2 aliphatic rings. The third-order valence-corrected chi connectivity index (χ3v) is 9.99. The van der Waals surface area contributed by atoms with Crippen molar-refractivity contribution >= 4 is 47.2 Å². The number of nitrogens with zero attached hydrogens (tertiary/aromatic N) is 1. The molecule has 300 valence electrons. The van der Waals surface area contributed by atoms with Gasteiger partial charge in [0, 0.05) is 18.9 Å². The van der Waals surface area contributed by atoms with Crippen LogP contribution >= 0.6 is 0 Å². The number of amides is 6. The van der Waals surface area contributed by atoms with Crippen LogP contribution in [0.4, 0.5) is 0 Å². The minimum absolute atomic E-state index is 0.0665. The quantitative estimate of drug-likeness (QED) is 0.0776. The lowest BCUT2D eigenvalue weighted by molar-refractivity contribution is -0.145. The molecule has 0 aromatic rings. The highest BCUT2D eigenvalue weighted by atomic mass is 16.5. The summed E-state index contributed by atoms with van der Waals surface area (Å²) in [5.41, 5.74) is 5.37. The standard InChI is InChI=1S/C37H62N6O10/c1-5-9-18-27(33(38)48)40-29(44)20-39-36(51)32(47)26(15-8-4)41-35(50)28-19-25(53-22-30(45)46)21-43(28)37(52)31(23-16-11-10-12-17-23)42-34(49)24(13-6-2)14-7-3/h23-28,31H,5-22H2,1-4H3,(H2,38,48)(H,39,51)(H,40,44)(H,41,50)(H,42,49)(H,45,46)/t25-,26?,27?,28+,31?/m1/s1. The largest absolute Gasteiger partial charge is 0.480 e. The van der Waals surface area contributed by atoms with Crippen LogP contribution in [0, 0.1) is 11.8 Å². The van der Waals surface area contributed by atoms with Crippen LogP contribution in [-0.2, 0) is 43.1 Å². The highest BCUT2D eigenvalue weighted by Gasteiger charge is 2.45. The first kappa shape index (κ1) is 45.1. The van der Waals surface area contributed by atoms with Gasteiger partial charge >= 0.3 is 5.97 Å². The van der Waals surface area contributed by atoms with Crippen LogP contribution in [0.25, 0.3) is 0 Å². The van der Waals surface area contributed by atoms with E-state index < -0.39 is 84.7 Å². The van der Waals surface area contributed by atoms with E-state index in [4.69, 9.17) is 10.5 Å². The fraction of sp³-hybridized carbons (Fsp3) is 0.784. The number of ketones is 1. The van der Waals surface area contributed by atoms with Crippen LogP contribution < -0.4 is 27.0 Å². The number of carboxylic acids is 1. The van der Waals surface area contributed by atoms with E-state index in [1.165, 1.54) is 4.90 Å². The van der Waals surface area contributed by atoms with E-state index in [-0.39, 0.29) is 37.1 Å². The summed E-state index contributed by atoms with van der Waals surface area (Å²) >= 11 is 0. The van der Waals surface area contributed by atoms with Gasteiger partial charge in [-0.25, -0.2) is 4.79 Å². The van der Waals surface area contributed by atoms with Crippen molar-refractivity contribution < 1.29 is 48.2 Å². The highest BCUT2D eigenvalue weighted by molar-refractivity contribution is 6.38. The maximum absolute atomic E-state index is 14.5. The molecule has 16 nitrogen and oxygen atoms in total. The van der Waals surface area contributed by atoms with Crippen LogP contribution in [-0.4, -0.2) is 107 Å². The SMILES string of the molecule is CCCCC(NC(=O)CNC(=O)C(=O)C(CCC)NC(=O)[C@@H]1C[C@@H](OCC(=O)O)CN1C(=O)C(NC(=O)C(CCC)CCC)C1CCCCC1)C(N)=O. The molecule has 1 heterocycles. The lowest BCUT2D eigenvalue weighted by Crippen LogP contribution is -2.58. The van der Waals surface area contributed by atoms with Crippen LogP contribution in [0.2, 0.25) is 0 Å². The van der Waals surface area contributed by atoms with Gasteiger partial charge < -0.3 is 41.7 Å². The molecule has 0 bridgehead atoms. The molecular weight excluding hydrogens is 688 g/mol. The number of ether oxygens (including phenoxy) is 1. The van der Waals surface area contributed by atoms with Crippen molar-refractivity contribution in [3.63, 3.8) is 0 Å². The van der Waals surface area contributed by atoms with Crippen molar-refractivity contribution in [2.45, 2.75) is 154 Å². The van der Waals surface area contributed by atoms with Gasteiger partial charge in [0.15, 0.2) is 0 Å². The number of carbonyl (C=O) groups excluding carboxylic acids is 7. The molecule has 16 heteroatoms. The van der Waals surface area contributed by atoms with Gasteiger partial charge in [0.05, 0.1) is 18.7 Å². The molecule has 0 radical (unpaired) electrons.